The maximum atomic E-state index is 5.25. The molecule has 4 heteroatoms. The number of nitrogens with one attached hydrogen (secondary N) is 1. The van der Waals surface area contributed by atoms with Gasteiger partial charge < -0.3 is 9.84 Å². The van der Waals surface area contributed by atoms with Gasteiger partial charge in [0.2, 0.25) is 5.89 Å². The van der Waals surface area contributed by atoms with Crippen LogP contribution in [0.15, 0.2) is 28.8 Å². The molecule has 0 aliphatic carbocycles. The second kappa shape index (κ2) is 5.43. The van der Waals surface area contributed by atoms with E-state index in [2.05, 4.69) is 67.4 Å². The minimum atomic E-state index is -0.103. The number of aryl methyl sites for hydroxylation is 1. The van der Waals surface area contributed by atoms with Crippen LogP contribution >= 0.6 is 0 Å². The second-order valence-corrected chi connectivity index (χ2v) is 5.67. The quantitative estimate of drug-likeness (QED) is 0.912. The van der Waals surface area contributed by atoms with Crippen molar-refractivity contribution in [2.75, 3.05) is 5.32 Å². The lowest BCUT2D eigenvalue weighted by atomic mass is 9.97. The Labute approximate surface area is 114 Å². The summed E-state index contributed by atoms with van der Waals surface area (Å²) in [4.78, 5) is 4.39. The van der Waals surface area contributed by atoms with E-state index in [9.17, 15) is 0 Å². The minimum Gasteiger partial charge on any atom is -0.378 e. The Morgan fingerprint density at radius 2 is 1.84 bits per heavy atom. The predicted octanol–water partition coefficient (Wildman–Crippen LogP) is 3.54. The Morgan fingerprint density at radius 3 is 2.37 bits per heavy atom. The first-order valence-electron chi connectivity index (χ1n) is 6.65. The van der Waals surface area contributed by atoms with E-state index in [1.165, 1.54) is 5.56 Å². The third kappa shape index (κ3) is 3.56. The van der Waals surface area contributed by atoms with Crippen LogP contribution in [-0.2, 0) is 18.4 Å². The molecule has 0 bridgehead atoms. The summed E-state index contributed by atoms with van der Waals surface area (Å²) in [5.41, 5.74) is 2.30. The molecule has 0 saturated carbocycles. The molecule has 2 rings (SSSR count). The van der Waals surface area contributed by atoms with Crippen LogP contribution in [0.2, 0.25) is 0 Å². The predicted molar refractivity (Wildman–Crippen MR) is 76.1 cm³/mol. The van der Waals surface area contributed by atoms with Crippen LogP contribution in [0, 0.1) is 0 Å². The average Bonchev–Trinajstić information content (AvgIpc) is 2.86. The zero-order chi connectivity index (χ0) is 13.9. The monoisotopic (exact) mass is 259 g/mol. The standard InChI is InChI=1S/C15H21N3O/c1-5-11-6-8-12(9-7-11)16-10-13-17-14(19-18-13)15(2,3)4/h6-9,16H,5,10H2,1-4H3. The van der Waals surface area contributed by atoms with Gasteiger partial charge >= 0.3 is 0 Å². The van der Waals surface area contributed by atoms with Gasteiger partial charge in [0.05, 0.1) is 6.54 Å². The normalized spacial score (nSPS) is 11.6. The molecule has 0 spiro atoms. The summed E-state index contributed by atoms with van der Waals surface area (Å²) in [6.07, 6.45) is 1.06. The summed E-state index contributed by atoms with van der Waals surface area (Å²) in [6, 6.07) is 8.39. The fourth-order valence-electron chi connectivity index (χ4n) is 1.67. The van der Waals surface area contributed by atoms with Crippen LogP contribution in [0.5, 0.6) is 0 Å². The van der Waals surface area contributed by atoms with Gasteiger partial charge in [0, 0.05) is 11.1 Å². The SMILES string of the molecule is CCc1ccc(NCc2noc(C(C)(C)C)n2)cc1. The summed E-state index contributed by atoms with van der Waals surface area (Å²) in [5, 5.41) is 7.27. The van der Waals surface area contributed by atoms with Gasteiger partial charge in [-0.25, -0.2) is 0 Å². The van der Waals surface area contributed by atoms with E-state index in [0.29, 0.717) is 18.3 Å². The molecule has 1 heterocycles. The molecule has 1 N–H and O–H groups in total. The van der Waals surface area contributed by atoms with E-state index in [-0.39, 0.29) is 5.41 Å². The summed E-state index contributed by atoms with van der Waals surface area (Å²) in [7, 11) is 0. The number of hydrogen-bond donors (Lipinski definition) is 1. The van der Waals surface area contributed by atoms with Crippen molar-refractivity contribution in [3.05, 3.63) is 41.5 Å². The Kier molecular flexibility index (Phi) is 3.88. The zero-order valence-corrected chi connectivity index (χ0v) is 12.0. The second-order valence-electron chi connectivity index (χ2n) is 5.67. The molecule has 0 radical (unpaired) electrons. The molecule has 1 aromatic heterocycles. The van der Waals surface area contributed by atoms with Gasteiger partial charge in [-0.15, -0.1) is 0 Å². The first-order chi connectivity index (χ1) is 8.99. The van der Waals surface area contributed by atoms with E-state index in [0.717, 1.165) is 12.1 Å². The van der Waals surface area contributed by atoms with Gasteiger partial charge in [-0.05, 0) is 24.1 Å². The van der Waals surface area contributed by atoms with Crippen molar-refractivity contribution < 1.29 is 4.52 Å². The molecule has 4 nitrogen and oxygen atoms in total. The lowest BCUT2D eigenvalue weighted by Gasteiger charge is -2.10. The third-order valence-electron chi connectivity index (χ3n) is 2.92. The minimum absolute atomic E-state index is 0.103. The van der Waals surface area contributed by atoms with Crippen LogP contribution < -0.4 is 5.32 Å². The molecule has 1 aromatic carbocycles. The fraction of sp³-hybridized carbons (Fsp3) is 0.467. The molecule has 0 saturated heterocycles. The maximum absolute atomic E-state index is 5.25. The van der Waals surface area contributed by atoms with E-state index in [4.69, 9.17) is 4.52 Å². The molecule has 0 atom stereocenters. The fourth-order valence-corrected chi connectivity index (χ4v) is 1.67. The molecule has 0 unspecified atom stereocenters. The van der Waals surface area contributed by atoms with Crippen molar-refractivity contribution in [3.63, 3.8) is 0 Å². The number of rotatable bonds is 4. The summed E-state index contributed by atoms with van der Waals surface area (Å²) in [6.45, 7) is 8.89. The smallest absolute Gasteiger partial charge is 0.232 e. The van der Waals surface area contributed by atoms with Gasteiger partial charge in [-0.1, -0.05) is 45.0 Å². The van der Waals surface area contributed by atoms with Crippen LogP contribution in [0.3, 0.4) is 0 Å². The molecular weight excluding hydrogens is 238 g/mol. The van der Waals surface area contributed by atoms with Crippen molar-refractivity contribution in [2.24, 2.45) is 0 Å². The Bertz CT molecular complexity index is 523. The Morgan fingerprint density at radius 1 is 1.16 bits per heavy atom. The molecule has 2 aromatic rings. The van der Waals surface area contributed by atoms with Crippen LogP contribution in [-0.4, -0.2) is 10.1 Å². The third-order valence-corrected chi connectivity index (χ3v) is 2.92. The topological polar surface area (TPSA) is 51.0 Å². The van der Waals surface area contributed by atoms with Crippen molar-refractivity contribution in [3.8, 4) is 0 Å². The first-order valence-corrected chi connectivity index (χ1v) is 6.65. The lowest BCUT2D eigenvalue weighted by molar-refractivity contribution is 0.318. The molecule has 102 valence electrons. The molecule has 0 aliphatic heterocycles. The van der Waals surface area contributed by atoms with E-state index < -0.39 is 0 Å². The highest BCUT2D eigenvalue weighted by molar-refractivity contribution is 5.44. The molecule has 0 fully saturated rings. The number of aromatic nitrogens is 2. The maximum Gasteiger partial charge on any atom is 0.232 e. The highest BCUT2D eigenvalue weighted by atomic mass is 16.5. The highest BCUT2D eigenvalue weighted by Crippen LogP contribution is 2.20. The van der Waals surface area contributed by atoms with Crippen molar-refractivity contribution in [1.82, 2.24) is 10.1 Å². The first kappa shape index (κ1) is 13.6. The van der Waals surface area contributed by atoms with Gasteiger partial charge in [0.1, 0.15) is 0 Å². The van der Waals surface area contributed by atoms with Crippen molar-refractivity contribution in [1.29, 1.82) is 0 Å². The largest absolute Gasteiger partial charge is 0.378 e. The lowest BCUT2D eigenvalue weighted by Crippen LogP contribution is -2.11. The molecule has 0 amide bonds. The van der Waals surface area contributed by atoms with E-state index in [1.54, 1.807) is 0 Å². The van der Waals surface area contributed by atoms with Crippen LogP contribution in [0.1, 0.15) is 45.0 Å². The van der Waals surface area contributed by atoms with Gasteiger partial charge in [-0.3, -0.25) is 0 Å². The summed E-state index contributed by atoms with van der Waals surface area (Å²) >= 11 is 0. The van der Waals surface area contributed by atoms with Crippen LogP contribution in [0.25, 0.3) is 0 Å². The zero-order valence-electron chi connectivity index (χ0n) is 12.0. The summed E-state index contributed by atoms with van der Waals surface area (Å²) < 4.78 is 5.25. The van der Waals surface area contributed by atoms with E-state index >= 15 is 0 Å². The molecule has 19 heavy (non-hydrogen) atoms. The van der Waals surface area contributed by atoms with Gasteiger partial charge in [-0.2, -0.15) is 4.98 Å². The number of nitrogens with zero attached hydrogens (tertiary/aromatic N) is 2. The van der Waals surface area contributed by atoms with Gasteiger partial charge in [0.25, 0.3) is 0 Å². The Balaban J connectivity index is 1.96. The average molecular weight is 259 g/mol. The Hall–Kier alpha value is -1.84. The number of hydrogen-bond acceptors (Lipinski definition) is 4. The summed E-state index contributed by atoms with van der Waals surface area (Å²) in [5.74, 6) is 1.36. The van der Waals surface area contributed by atoms with E-state index in [1.807, 2.05) is 0 Å². The van der Waals surface area contributed by atoms with Gasteiger partial charge in [0.15, 0.2) is 5.82 Å². The van der Waals surface area contributed by atoms with Crippen LogP contribution in [0.4, 0.5) is 5.69 Å². The van der Waals surface area contributed by atoms with Crippen molar-refractivity contribution in [2.45, 2.75) is 46.1 Å². The highest BCUT2D eigenvalue weighted by Gasteiger charge is 2.21. The van der Waals surface area contributed by atoms with Crippen molar-refractivity contribution >= 4 is 5.69 Å². The molecular formula is C15H21N3O. The molecule has 0 aliphatic rings. The number of anilines is 1. The number of benzene rings is 1.